The van der Waals surface area contributed by atoms with Crippen molar-refractivity contribution in [3.05, 3.63) is 23.0 Å². The van der Waals surface area contributed by atoms with Gasteiger partial charge in [-0.25, -0.2) is 4.98 Å². The number of carbonyl (C=O) groups is 1. The van der Waals surface area contributed by atoms with Crippen molar-refractivity contribution in [1.82, 2.24) is 10.3 Å². The highest BCUT2D eigenvalue weighted by atomic mass is 35.5. The number of hydrogen-bond donors (Lipinski definition) is 2. The van der Waals surface area contributed by atoms with Gasteiger partial charge in [0.1, 0.15) is 5.15 Å². The van der Waals surface area contributed by atoms with Gasteiger partial charge in [0, 0.05) is 18.8 Å². The van der Waals surface area contributed by atoms with E-state index in [4.69, 9.17) is 16.9 Å². The summed E-state index contributed by atoms with van der Waals surface area (Å²) in [6.07, 6.45) is 2.04. The fourth-order valence-corrected chi connectivity index (χ4v) is 1.84. The molecule has 0 atom stereocenters. The Kier molecular flexibility index (Phi) is 5.98. The van der Waals surface area contributed by atoms with Crippen molar-refractivity contribution in [2.75, 3.05) is 11.9 Å². The van der Waals surface area contributed by atoms with Crippen LogP contribution in [-0.4, -0.2) is 23.5 Å². The zero-order valence-electron chi connectivity index (χ0n) is 12.8. The molecule has 0 aliphatic carbocycles. The van der Waals surface area contributed by atoms with E-state index in [0.717, 1.165) is 0 Å². The fourth-order valence-electron chi connectivity index (χ4n) is 1.68. The molecule has 114 valence electrons. The third-order valence-electron chi connectivity index (χ3n) is 2.90. The van der Waals surface area contributed by atoms with Crippen LogP contribution >= 0.6 is 11.6 Å². The molecule has 0 saturated heterocycles. The molecule has 0 aromatic carbocycles. The number of aromatic nitrogens is 1. The van der Waals surface area contributed by atoms with Crippen LogP contribution in [-0.2, 0) is 0 Å². The van der Waals surface area contributed by atoms with Gasteiger partial charge in [0.15, 0.2) is 0 Å². The van der Waals surface area contributed by atoms with Crippen LogP contribution in [0.3, 0.4) is 0 Å². The SMILES string of the molecule is CC(C)Nc1cc(Cl)ncc1C(=O)NCCC(C)(C)C#N. The minimum Gasteiger partial charge on any atom is -0.382 e. The summed E-state index contributed by atoms with van der Waals surface area (Å²) in [7, 11) is 0. The number of amides is 1. The van der Waals surface area contributed by atoms with Crippen molar-refractivity contribution < 1.29 is 4.79 Å². The lowest BCUT2D eigenvalue weighted by atomic mass is 9.91. The molecule has 5 nitrogen and oxygen atoms in total. The van der Waals surface area contributed by atoms with Crippen LogP contribution in [0.1, 0.15) is 44.5 Å². The number of anilines is 1. The molecule has 21 heavy (non-hydrogen) atoms. The highest BCUT2D eigenvalue weighted by molar-refractivity contribution is 6.29. The summed E-state index contributed by atoms with van der Waals surface area (Å²) >= 11 is 5.87. The van der Waals surface area contributed by atoms with Crippen molar-refractivity contribution in [2.24, 2.45) is 5.41 Å². The lowest BCUT2D eigenvalue weighted by Gasteiger charge is -2.17. The fraction of sp³-hybridized carbons (Fsp3) is 0.533. The predicted molar refractivity (Wildman–Crippen MR) is 84.3 cm³/mol. The van der Waals surface area contributed by atoms with Crippen LogP contribution in [0.25, 0.3) is 0 Å². The maximum absolute atomic E-state index is 12.2. The maximum atomic E-state index is 12.2. The zero-order chi connectivity index (χ0) is 16.0. The van der Waals surface area contributed by atoms with E-state index in [1.165, 1.54) is 6.20 Å². The Balaban J connectivity index is 2.76. The molecule has 0 saturated carbocycles. The number of halogens is 1. The van der Waals surface area contributed by atoms with Gasteiger partial charge in [-0.05, 0) is 40.2 Å². The molecule has 1 aromatic rings. The molecular weight excluding hydrogens is 288 g/mol. The van der Waals surface area contributed by atoms with E-state index in [-0.39, 0.29) is 11.9 Å². The minimum atomic E-state index is -0.454. The van der Waals surface area contributed by atoms with Crippen LogP contribution in [0.5, 0.6) is 0 Å². The molecule has 0 aliphatic rings. The van der Waals surface area contributed by atoms with Crippen molar-refractivity contribution in [3.63, 3.8) is 0 Å². The second kappa shape index (κ2) is 7.28. The van der Waals surface area contributed by atoms with Crippen LogP contribution in [0.15, 0.2) is 12.3 Å². The van der Waals surface area contributed by atoms with Gasteiger partial charge in [0.05, 0.1) is 22.7 Å². The van der Waals surface area contributed by atoms with Gasteiger partial charge >= 0.3 is 0 Å². The number of pyridine rings is 1. The van der Waals surface area contributed by atoms with E-state index in [9.17, 15) is 4.79 Å². The molecule has 1 rings (SSSR count). The molecule has 1 aromatic heterocycles. The van der Waals surface area contributed by atoms with Gasteiger partial charge in [-0.1, -0.05) is 11.6 Å². The summed E-state index contributed by atoms with van der Waals surface area (Å²) in [6, 6.07) is 4.01. The lowest BCUT2D eigenvalue weighted by molar-refractivity contribution is 0.0951. The van der Waals surface area contributed by atoms with Gasteiger partial charge in [-0.15, -0.1) is 0 Å². The Morgan fingerprint density at radius 2 is 2.19 bits per heavy atom. The molecule has 0 unspecified atom stereocenters. The van der Waals surface area contributed by atoms with E-state index >= 15 is 0 Å². The first-order chi connectivity index (χ1) is 9.75. The summed E-state index contributed by atoms with van der Waals surface area (Å²) < 4.78 is 0. The van der Waals surface area contributed by atoms with Gasteiger partial charge in [-0.2, -0.15) is 5.26 Å². The largest absolute Gasteiger partial charge is 0.382 e. The highest BCUT2D eigenvalue weighted by Gasteiger charge is 2.18. The molecule has 1 heterocycles. The Bertz CT molecular complexity index is 549. The minimum absolute atomic E-state index is 0.174. The Morgan fingerprint density at radius 1 is 1.52 bits per heavy atom. The first kappa shape index (κ1) is 17.3. The summed E-state index contributed by atoms with van der Waals surface area (Å²) in [5, 5.41) is 15.3. The number of rotatable bonds is 6. The Labute approximate surface area is 130 Å². The Morgan fingerprint density at radius 3 is 2.76 bits per heavy atom. The molecule has 6 heteroatoms. The normalized spacial score (nSPS) is 11.1. The third-order valence-corrected chi connectivity index (χ3v) is 3.10. The molecule has 0 radical (unpaired) electrons. The van der Waals surface area contributed by atoms with Crippen molar-refractivity contribution in [2.45, 2.75) is 40.2 Å². The number of carbonyl (C=O) groups excluding carboxylic acids is 1. The predicted octanol–water partition coefficient (Wildman–Crippen LogP) is 3.22. The van der Waals surface area contributed by atoms with Crippen LogP contribution in [0, 0.1) is 16.7 Å². The second-order valence-electron chi connectivity index (χ2n) is 5.85. The van der Waals surface area contributed by atoms with Crippen molar-refractivity contribution >= 4 is 23.2 Å². The van der Waals surface area contributed by atoms with Gasteiger partial charge in [0.2, 0.25) is 0 Å². The molecule has 0 bridgehead atoms. The number of nitrogens with one attached hydrogen (secondary N) is 2. The molecule has 1 amide bonds. The molecule has 0 fully saturated rings. The number of nitrogens with zero attached hydrogens (tertiary/aromatic N) is 2. The van der Waals surface area contributed by atoms with Gasteiger partial charge in [0.25, 0.3) is 5.91 Å². The van der Waals surface area contributed by atoms with Gasteiger partial charge < -0.3 is 10.6 Å². The number of hydrogen-bond acceptors (Lipinski definition) is 4. The first-order valence-corrected chi connectivity index (χ1v) is 7.24. The maximum Gasteiger partial charge on any atom is 0.254 e. The summed E-state index contributed by atoms with van der Waals surface area (Å²) in [5.41, 5.74) is 0.648. The van der Waals surface area contributed by atoms with Crippen LogP contribution < -0.4 is 10.6 Å². The standard InChI is InChI=1S/C15H21ClN4O/c1-10(2)20-12-7-13(16)19-8-11(12)14(21)18-6-5-15(3,4)9-17/h7-8,10H,5-6H2,1-4H3,(H,18,21)(H,19,20). The first-order valence-electron chi connectivity index (χ1n) is 6.87. The Hall–Kier alpha value is -1.80. The average Bonchev–Trinajstić information content (AvgIpc) is 2.37. The monoisotopic (exact) mass is 308 g/mol. The molecule has 0 aliphatic heterocycles. The quantitative estimate of drug-likeness (QED) is 0.791. The molecule has 2 N–H and O–H groups in total. The van der Waals surface area contributed by atoms with E-state index in [0.29, 0.717) is 29.4 Å². The topological polar surface area (TPSA) is 77.8 Å². The van der Waals surface area contributed by atoms with Crippen molar-refractivity contribution in [3.8, 4) is 6.07 Å². The van der Waals surface area contributed by atoms with Crippen LogP contribution in [0.2, 0.25) is 5.15 Å². The summed E-state index contributed by atoms with van der Waals surface area (Å²) in [5.74, 6) is -0.226. The van der Waals surface area contributed by atoms with Gasteiger partial charge in [-0.3, -0.25) is 4.79 Å². The van der Waals surface area contributed by atoms with E-state index < -0.39 is 5.41 Å². The van der Waals surface area contributed by atoms with E-state index in [1.54, 1.807) is 6.07 Å². The third kappa shape index (κ3) is 5.60. The smallest absolute Gasteiger partial charge is 0.254 e. The lowest BCUT2D eigenvalue weighted by Crippen LogP contribution is -2.29. The second-order valence-corrected chi connectivity index (χ2v) is 6.24. The number of nitriles is 1. The highest BCUT2D eigenvalue weighted by Crippen LogP contribution is 2.20. The average molecular weight is 309 g/mol. The van der Waals surface area contributed by atoms with E-state index in [2.05, 4.69) is 21.7 Å². The van der Waals surface area contributed by atoms with Crippen molar-refractivity contribution in [1.29, 1.82) is 5.26 Å². The zero-order valence-corrected chi connectivity index (χ0v) is 13.6. The van der Waals surface area contributed by atoms with E-state index in [1.807, 2.05) is 27.7 Å². The molecule has 0 spiro atoms. The van der Waals surface area contributed by atoms with Crippen LogP contribution in [0.4, 0.5) is 5.69 Å². The summed E-state index contributed by atoms with van der Waals surface area (Å²) in [4.78, 5) is 16.2. The molecular formula is C15H21ClN4O. The summed E-state index contributed by atoms with van der Waals surface area (Å²) in [6.45, 7) is 8.07.